The van der Waals surface area contributed by atoms with Crippen LogP contribution >= 0.6 is 0 Å². The van der Waals surface area contributed by atoms with Crippen LogP contribution in [0.25, 0.3) is 11.5 Å². The van der Waals surface area contributed by atoms with Crippen LogP contribution in [0.4, 0.5) is 13.2 Å². The summed E-state index contributed by atoms with van der Waals surface area (Å²) >= 11 is 0. The minimum absolute atomic E-state index is 0.277. The third kappa shape index (κ3) is 3.00. The number of rotatable bonds is 2. The van der Waals surface area contributed by atoms with Gasteiger partial charge in [0.2, 0.25) is 0 Å². The Morgan fingerprint density at radius 1 is 1.18 bits per heavy atom. The van der Waals surface area contributed by atoms with Crippen molar-refractivity contribution in [3.8, 4) is 11.5 Å². The van der Waals surface area contributed by atoms with Crippen molar-refractivity contribution in [1.82, 2.24) is 24.7 Å². The summed E-state index contributed by atoms with van der Waals surface area (Å²) in [5.74, 6) is 1.62. The van der Waals surface area contributed by atoms with E-state index in [9.17, 15) is 18.0 Å². The molecule has 1 atom stereocenters. The summed E-state index contributed by atoms with van der Waals surface area (Å²) in [7, 11) is 0. The maximum atomic E-state index is 12.9. The van der Waals surface area contributed by atoms with Crippen molar-refractivity contribution in [3.05, 3.63) is 63.5 Å². The van der Waals surface area contributed by atoms with Crippen LogP contribution in [0.2, 0.25) is 0 Å². The highest BCUT2D eigenvalue weighted by atomic mass is 19.4. The predicted molar refractivity (Wildman–Crippen MR) is 95.7 cm³/mol. The molecule has 1 N–H and O–H groups in total. The van der Waals surface area contributed by atoms with Crippen molar-refractivity contribution in [1.29, 1.82) is 0 Å². The van der Waals surface area contributed by atoms with Crippen molar-refractivity contribution in [2.24, 2.45) is 0 Å². The molecule has 0 amide bonds. The zero-order chi connectivity index (χ0) is 20.1. The van der Waals surface area contributed by atoms with Crippen molar-refractivity contribution in [3.63, 3.8) is 0 Å². The highest BCUT2D eigenvalue weighted by molar-refractivity contribution is 5.50. The summed E-state index contributed by atoms with van der Waals surface area (Å²) in [6.07, 6.45) is -2.83. The van der Waals surface area contributed by atoms with Crippen molar-refractivity contribution >= 4 is 0 Å². The first kappa shape index (κ1) is 18.4. The van der Waals surface area contributed by atoms with Gasteiger partial charge in [-0.05, 0) is 44.4 Å². The Kier molecular flexibility index (Phi) is 4.13. The highest BCUT2D eigenvalue weighted by Gasteiger charge is 2.39. The Morgan fingerprint density at radius 2 is 1.89 bits per heavy atom. The van der Waals surface area contributed by atoms with Crippen molar-refractivity contribution in [2.75, 3.05) is 0 Å². The molecule has 1 aliphatic heterocycles. The van der Waals surface area contributed by atoms with Gasteiger partial charge in [0.05, 0.1) is 11.0 Å². The Bertz CT molecular complexity index is 1080. The number of hydrogen-bond donors (Lipinski definition) is 1. The number of aryl methyl sites for hydroxylation is 1. The smallest absolute Gasteiger partial charge is 0.311 e. The van der Waals surface area contributed by atoms with Gasteiger partial charge in [0.1, 0.15) is 17.3 Å². The molecular weight excluding hydrogens is 371 g/mol. The van der Waals surface area contributed by atoms with Crippen LogP contribution in [0.15, 0.2) is 35.1 Å². The molecule has 1 aromatic carbocycles. The van der Waals surface area contributed by atoms with Gasteiger partial charge in [-0.25, -0.2) is 4.98 Å². The van der Waals surface area contributed by atoms with E-state index in [2.05, 4.69) is 20.2 Å². The summed E-state index contributed by atoms with van der Waals surface area (Å²) in [6.45, 7) is 4.29. The minimum Gasteiger partial charge on any atom is -0.311 e. The van der Waals surface area contributed by atoms with Crippen molar-refractivity contribution < 1.29 is 13.2 Å². The molecule has 0 fully saturated rings. The van der Waals surface area contributed by atoms with Gasteiger partial charge in [-0.1, -0.05) is 12.1 Å². The van der Waals surface area contributed by atoms with E-state index in [1.54, 1.807) is 6.92 Å². The highest BCUT2D eigenvalue weighted by Crippen LogP contribution is 2.41. The van der Waals surface area contributed by atoms with Gasteiger partial charge in [0.25, 0.3) is 5.56 Å². The van der Waals surface area contributed by atoms with Gasteiger partial charge in [-0.2, -0.15) is 13.2 Å². The third-order valence-corrected chi connectivity index (χ3v) is 5.24. The van der Waals surface area contributed by atoms with Crippen LogP contribution in [-0.4, -0.2) is 24.7 Å². The molecule has 1 aliphatic rings. The number of hydrogen-bond acceptors (Lipinski definition) is 4. The van der Waals surface area contributed by atoms with Crippen LogP contribution in [0, 0.1) is 6.92 Å². The van der Waals surface area contributed by atoms with Gasteiger partial charge in [0.15, 0.2) is 5.82 Å². The monoisotopic (exact) mass is 389 g/mol. The molecule has 146 valence electrons. The van der Waals surface area contributed by atoms with Crippen LogP contribution in [0.3, 0.4) is 0 Å². The maximum Gasteiger partial charge on any atom is 0.416 e. The molecule has 28 heavy (non-hydrogen) atoms. The molecule has 3 heterocycles. The third-order valence-electron chi connectivity index (χ3n) is 5.24. The molecule has 0 aliphatic carbocycles. The van der Waals surface area contributed by atoms with Crippen LogP contribution < -0.4 is 5.56 Å². The molecule has 6 nitrogen and oxygen atoms in total. The molecular formula is C19H18F3N5O. The van der Waals surface area contributed by atoms with E-state index in [1.165, 1.54) is 18.2 Å². The molecule has 0 saturated heterocycles. The van der Waals surface area contributed by atoms with E-state index in [-0.39, 0.29) is 5.56 Å². The number of aromatic nitrogens is 5. The van der Waals surface area contributed by atoms with Crippen molar-refractivity contribution in [2.45, 2.75) is 44.8 Å². The number of nitrogens with one attached hydrogen (secondary N) is 1. The largest absolute Gasteiger partial charge is 0.416 e. The van der Waals surface area contributed by atoms with E-state index in [1.807, 2.05) is 11.5 Å². The lowest BCUT2D eigenvalue weighted by Crippen LogP contribution is -2.33. The Labute approximate surface area is 158 Å². The van der Waals surface area contributed by atoms with Gasteiger partial charge in [0, 0.05) is 12.6 Å². The van der Waals surface area contributed by atoms with Gasteiger partial charge >= 0.3 is 6.18 Å². The molecule has 9 heteroatoms. The second-order valence-electron chi connectivity index (χ2n) is 7.23. The first-order chi connectivity index (χ1) is 13.2. The molecule has 1 unspecified atom stereocenters. The van der Waals surface area contributed by atoms with E-state index >= 15 is 0 Å². The predicted octanol–water partition coefficient (Wildman–Crippen LogP) is 3.46. The molecule has 3 aromatic rings. The van der Waals surface area contributed by atoms with E-state index in [0.717, 1.165) is 30.5 Å². The average Bonchev–Trinajstić information content (AvgIpc) is 3.06. The van der Waals surface area contributed by atoms with Gasteiger partial charge in [-0.3, -0.25) is 4.79 Å². The Hall–Kier alpha value is -2.97. The lowest BCUT2D eigenvalue weighted by atomic mass is 9.75. The minimum atomic E-state index is -4.37. The number of alkyl halides is 3. The zero-order valence-electron chi connectivity index (χ0n) is 15.3. The topological polar surface area (TPSA) is 76.5 Å². The summed E-state index contributed by atoms with van der Waals surface area (Å²) in [6, 6.07) is 6.57. The first-order valence-corrected chi connectivity index (χ1v) is 8.88. The summed E-state index contributed by atoms with van der Waals surface area (Å²) in [5, 5.41) is 8.58. The molecule has 0 spiro atoms. The first-order valence-electron chi connectivity index (χ1n) is 8.88. The van der Waals surface area contributed by atoms with E-state index < -0.39 is 17.2 Å². The number of fused-ring (bicyclic) bond motifs is 1. The second-order valence-corrected chi connectivity index (χ2v) is 7.23. The van der Waals surface area contributed by atoms with Gasteiger partial charge in [-0.15, -0.1) is 10.2 Å². The SMILES string of the molecule is Cc1nc(-c2nnc3n2CCCC3(C)c2ccc(C(F)(F)F)cc2)cc(=O)[nH]1. The van der Waals surface area contributed by atoms with Gasteiger partial charge < -0.3 is 9.55 Å². The number of aromatic amines is 1. The Balaban J connectivity index is 1.79. The fourth-order valence-electron chi connectivity index (χ4n) is 3.81. The molecule has 0 radical (unpaired) electrons. The summed E-state index contributed by atoms with van der Waals surface area (Å²) < 4.78 is 40.6. The average molecular weight is 389 g/mol. The molecule has 0 bridgehead atoms. The maximum absolute atomic E-state index is 12.9. The lowest BCUT2D eigenvalue weighted by molar-refractivity contribution is -0.137. The lowest BCUT2D eigenvalue weighted by Gasteiger charge is -2.34. The summed E-state index contributed by atoms with van der Waals surface area (Å²) in [5.41, 5.74) is -0.363. The van der Waals surface area contributed by atoms with E-state index in [4.69, 9.17) is 0 Å². The molecule has 2 aromatic heterocycles. The van der Waals surface area contributed by atoms with Crippen LogP contribution in [0.5, 0.6) is 0 Å². The normalized spacial score (nSPS) is 19.5. The van der Waals surface area contributed by atoms with Crippen LogP contribution in [0.1, 0.15) is 42.5 Å². The quantitative estimate of drug-likeness (QED) is 0.728. The summed E-state index contributed by atoms with van der Waals surface area (Å²) in [4.78, 5) is 18.7. The second kappa shape index (κ2) is 6.29. The molecule has 0 saturated carbocycles. The zero-order valence-corrected chi connectivity index (χ0v) is 15.3. The number of benzene rings is 1. The number of halogens is 3. The van der Waals surface area contributed by atoms with E-state index in [0.29, 0.717) is 29.7 Å². The Morgan fingerprint density at radius 3 is 2.54 bits per heavy atom. The standard InChI is InChI=1S/C19H18F3N5O/c1-11-23-14(10-15(28)24-11)16-25-26-17-18(2,8-3-9-27(16)17)12-4-6-13(7-5-12)19(20,21)22/h4-7,10H,3,8-9H2,1-2H3,(H,23,24,28). The molecule has 4 rings (SSSR count). The fourth-order valence-corrected chi connectivity index (χ4v) is 3.81. The number of nitrogens with zero attached hydrogens (tertiary/aromatic N) is 4. The fraction of sp³-hybridized carbons (Fsp3) is 0.368. The number of H-pyrrole nitrogens is 1. The van der Waals surface area contributed by atoms with Crippen LogP contribution in [-0.2, 0) is 18.1 Å².